The van der Waals surface area contributed by atoms with Crippen LogP contribution in [0.25, 0.3) is 0 Å². The summed E-state index contributed by atoms with van der Waals surface area (Å²) < 4.78 is 2.08. The van der Waals surface area contributed by atoms with Crippen LogP contribution in [0, 0.1) is 0 Å². The lowest BCUT2D eigenvalue weighted by Gasteiger charge is -2.04. The molecule has 1 heterocycles. The Labute approximate surface area is 111 Å². The third kappa shape index (κ3) is 4.74. The maximum absolute atomic E-state index is 4.04. The maximum atomic E-state index is 4.04. The largest absolute Gasteiger partial charge is 0.333 e. The molecule has 0 saturated carbocycles. The highest BCUT2D eigenvalue weighted by atomic mass is 15.0. The molecule has 18 heavy (non-hydrogen) atoms. The van der Waals surface area contributed by atoms with Crippen LogP contribution >= 0.6 is 0 Å². The highest BCUT2D eigenvalue weighted by Gasteiger charge is 1.96. The van der Waals surface area contributed by atoms with Gasteiger partial charge in [-0.05, 0) is 24.0 Å². The number of aryl methyl sites for hydroxylation is 1. The fourth-order valence-electron chi connectivity index (χ4n) is 1.78. The molecule has 0 spiro atoms. The monoisotopic (exact) mass is 244 g/mol. The molecule has 0 aliphatic rings. The second-order valence-electron chi connectivity index (χ2n) is 4.16. The molecule has 2 aromatic rings. The zero-order valence-corrected chi connectivity index (χ0v) is 11.8. The third-order valence-corrected chi connectivity index (χ3v) is 2.77. The predicted octanol–water partition coefficient (Wildman–Crippen LogP) is 4.30. The van der Waals surface area contributed by atoms with Crippen molar-refractivity contribution < 1.29 is 0 Å². The molecule has 0 atom stereocenters. The van der Waals surface area contributed by atoms with Gasteiger partial charge in [0.05, 0.1) is 6.33 Å². The van der Waals surface area contributed by atoms with Crippen LogP contribution in [-0.4, -0.2) is 9.55 Å². The average Bonchev–Trinajstić information content (AvgIpc) is 2.93. The lowest BCUT2D eigenvalue weighted by Crippen LogP contribution is -1.96. The lowest BCUT2D eigenvalue weighted by molar-refractivity contribution is 0.785. The van der Waals surface area contributed by atoms with E-state index in [2.05, 4.69) is 40.7 Å². The van der Waals surface area contributed by atoms with Crippen molar-refractivity contribution in [3.63, 3.8) is 0 Å². The quantitative estimate of drug-likeness (QED) is 0.766. The topological polar surface area (TPSA) is 17.8 Å². The van der Waals surface area contributed by atoms with Gasteiger partial charge in [0.15, 0.2) is 0 Å². The second-order valence-corrected chi connectivity index (χ2v) is 4.16. The van der Waals surface area contributed by atoms with E-state index in [4.69, 9.17) is 0 Å². The molecular weight excluding hydrogens is 220 g/mol. The van der Waals surface area contributed by atoms with Gasteiger partial charge in [0.2, 0.25) is 0 Å². The number of hydrogen-bond donors (Lipinski definition) is 0. The average molecular weight is 244 g/mol. The number of unbranched alkanes of at least 4 members (excludes halogenated alkanes) is 1. The Bertz CT molecular complexity index is 401. The van der Waals surface area contributed by atoms with E-state index in [9.17, 15) is 0 Å². The van der Waals surface area contributed by atoms with Gasteiger partial charge in [0.25, 0.3) is 0 Å². The first-order valence-electron chi connectivity index (χ1n) is 6.92. The van der Waals surface area contributed by atoms with Crippen molar-refractivity contribution in [2.75, 3.05) is 0 Å². The summed E-state index contributed by atoms with van der Waals surface area (Å²) in [5, 5.41) is 0. The van der Waals surface area contributed by atoms with Gasteiger partial charge in [0.1, 0.15) is 0 Å². The van der Waals surface area contributed by atoms with Crippen LogP contribution in [0.2, 0.25) is 0 Å². The molecule has 0 fully saturated rings. The minimum absolute atomic E-state index is 0.911. The molecule has 0 N–H and O–H groups in total. The third-order valence-electron chi connectivity index (χ3n) is 2.77. The smallest absolute Gasteiger partial charge is 0.0949 e. The van der Waals surface area contributed by atoms with Crippen LogP contribution in [0.3, 0.4) is 0 Å². The first-order valence-corrected chi connectivity index (χ1v) is 6.92. The summed E-state index contributed by atoms with van der Waals surface area (Å²) in [6, 6.07) is 8.90. The molecule has 1 aromatic heterocycles. The van der Waals surface area contributed by atoms with Crippen molar-refractivity contribution in [1.29, 1.82) is 0 Å². The molecule has 0 aliphatic heterocycles. The first kappa shape index (κ1) is 14.5. The molecule has 0 amide bonds. The Morgan fingerprint density at radius 2 is 1.72 bits per heavy atom. The van der Waals surface area contributed by atoms with E-state index < -0.39 is 0 Å². The van der Waals surface area contributed by atoms with Crippen molar-refractivity contribution >= 4 is 0 Å². The van der Waals surface area contributed by atoms with E-state index in [0.717, 1.165) is 6.54 Å². The molecule has 98 valence electrons. The molecule has 2 nitrogen and oxygen atoms in total. The molecule has 0 saturated heterocycles. The Morgan fingerprint density at radius 3 is 2.28 bits per heavy atom. The fraction of sp³-hybridized carbons (Fsp3) is 0.438. The number of benzene rings is 1. The number of nitrogens with zero attached hydrogens (tertiary/aromatic N) is 2. The SMILES string of the molecule is CC.CCCCc1ccc(Cn2ccnc2)cc1. The summed E-state index contributed by atoms with van der Waals surface area (Å²) in [7, 11) is 0. The summed E-state index contributed by atoms with van der Waals surface area (Å²) in [6.07, 6.45) is 9.39. The normalized spacial score (nSPS) is 9.72. The zero-order chi connectivity index (χ0) is 13.2. The molecule has 2 rings (SSSR count). The van der Waals surface area contributed by atoms with Crippen LogP contribution in [0.5, 0.6) is 0 Å². The summed E-state index contributed by atoms with van der Waals surface area (Å²) >= 11 is 0. The van der Waals surface area contributed by atoms with Gasteiger partial charge < -0.3 is 4.57 Å². The van der Waals surface area contributed by atoms with Gasteiger partial charge >= 0.3 is 0 Å². The van der Waals surface area contributed by atoms with Gasteiger partial charge in [-0.1, -0.05) is 51.5 Å². The molecule has 2 heteroatoms. The summed E-state index contributed by atoms with van der Waals surface area (Å²) in [5.74, 6) is 0. The molecule has 0 bridgehead atoms. The number of imidazole rings is 1. The maximum Gasteiger partial charge on any atom is 0.0949 e. The first-order chi connectivity index (χ1) is 8.88. The van der Waals surface area contributed by atoms with Crippen LogP contribution in [0.1, 0.15) is 44.7 Å². The van der Waals surface area contributed by atoms with Crippen molar-refractivity contribution in [2.24, 2.45) is 0 Å². The molecule has 0 radical (unpaired) electrons. The number of hydrogen-bond acceptors (Lipinski definition) is 1. The van der Waals surface area contributed by atoms with Crippen LogP contribution < -0.4 is 0 Å². The highest BCUT2D eigenvalue weighted by molar-refractivity contribution is 5.22. The lowest BCUT2D eigenvalue weighted by atomic mass is 10.1. The number of rotatable bonds is 5. The van der Waals surface area contributed by atoms with Gasteiger partial charge in [-0.25, -0.2) is 4.98 Å². The van der Waals surface area contributed by atoms with E-state index >= 15 is 0 Å². The highest BCUT2D eigenvalue weighted by Crippen LogP contribution is 2.09. The van der Waals surface area contributed by atoms with Crippen molar-refractivity contribution in [2.45, 2.75) is 46.6 Å². The van der Waals surface area contributed by atoms with Crippen LogP contribution in [0.15, 0.2) is 43.0 Å². The molecule has 0 aliphatic carbocycles. The summed E-state index contributed by atoms with van der Waals surface area (Å²) in [6.45, 7) is 7.14. The van der Waals surface area contributed by atoms with Crippen LogP contribution in [0.4, 0.5) is 0 Å². The van der Waals surface area contributed by atoms with Crippen molar-refractivity contribution in [3.8, 4) is 0 Å². The zero-order valence-electron chi connectivity index (χ0n) is 11.8. The van der Waals surface area contributed by atoms with E-state index in [1.165, 1.54) is 30.4 Å². The Morgan fingerprint density at radius 1 is 1.06 bits per heavy atom. The molecule has 0 unspecified atom stereocenters. The Balaban J connectivity index is 0.000000771. The predicted molar refractivity (Wildman–Crippen MR) is 77.7 cm³/mol. The number of aromatic nitrogens is 2. The summed E-state index contributed by atoms with van der Waals surface area (Å²) in [5.41, 5.74) is 2.77. The second kappa shape index (κ2) is 8.51. The van der Waals surface area contributed by atoms with E-state index in [1.54, 1.807) is 0 Å². The van der Waals surface area contributed by atoms with E-state index in [1.807, 2.05) is 32.6 Å². The van der Waals surface area contributed by atoms with Gasteiger partial charge in [-0.15, -0.1) is 0 Å². The van der Waals surface area contributed by atoms with Gasteiger partial charge in [0, 0.05) is 18.9 Å². The standard InChI is InChI=1S/C14H18N2.C2H6/c1-2-3-4-13-5-7-14(8-6-13)11-16-10-9-15-12-16;1-2/h5-10,12H,2-4,11H2,1H3;1-2H3. The Hall–Kier alpha value is -1.57. The molecular formula is C16H24N2. The van der Waals surface area contributed by atoms with E-state index in [0.29, 0.717) is 0 Å². The Kier molecular flexibility index (Phi) is 6.85. The van der Waals surface area contributed by atoms with Crippen molar-refractivity contribution in [1.82, 2.24) is 9.55 Å². The summed E-state index contributed by atoms with van der Waals surface area (Å²) in [4.78, 5) is 4.04. The molecule has 1 aromatic carbocycles. The minimum Gasteiger partial charge on any atom is -0.333 e. The van der Waals surface area contributed by atoms with Gasteiger partial charge in [-0.3, -0.25) is 0 Å². The van der Waals surface area contributed by atoms with Gasteiger partial charge in [-0.2, -0.15) is 0 Å². The minimum atomic E-state index is 0.911. The van der Waals surface area contributed by atoms with E-state index in [-0.39, 0.29) is 0 Å². The fourth-order valence-corrected chi connectivity index (χ4v) is 1.78. The van der Waals surface area contributed by atoms with Crippen molar-refractivity contribution in [3.05, 3.63) is 54.1 Å². The van der Waals surface area contributed by atoms with Crippen LogP contribution in [-0.2, 0) is 13.0 Å².